The molecule has 0 amide bonds. The average Bonchev–Trinajstić information content (AvgIpc) is 3.28. The van der Waals surface area contributed by atoms with Crippen molar-refractivity contribution in [3.8, 4) is 0 Å². The summed E-state index contributed by atoms with van der Waals surface area (Å²) >= 11 is 0. The van der Waals surface area contributed by atoms with Crippen molar-refractivity contribution in [2.24, 2.45) is 46.3 Å². The van der Waals surface area contributed by atoms with Crippen molar-refractivity contribution < 1.29 is 23.8 Å². The number of hydrogen-bond acceptors (Lipinski definition) is 5. The van der Waals surface area contributed by atoms with E-state index >= 15 is 0 Å². The minimum absolute atomic E-state index is 0.0386. The van der Waals surface area contributed by atoms with E-state index in [2.05, 4.69) is 33.8 Å². The maximum Gasteiger partial charge on any atom is 0.305 e. The predicted molar refractivity (Wildman–Crippen MR) is 132 cm³/mol. The van der Waals surface area contributed by atoms with Crippen LogP contribution in [0.1, 0.15) is 92.4 Å². The highest BCUT2D eigenvalue weighted by Gasteiger charge is 2.70. The molecule has 2 heterocycles. The first-order valence-corrected chi connectivity index (χ1v) is 14.4. The fourth-order valence-electron chi connectivity index (χ4n) is 9.64. The van der Waals surface area contributed by atoms with Crippen LogP contribution in [0.15, 0.2) is 11.6 Å². The highest BCUT2D eigenvalue weighted by molar-refractivity contribution is 5.97. The molecule has 3 saturated carbocycles. The zero-order chi connectivity index (χ0) is 24.8. The molecule has 0 aromatic carbocycles. The molecular weight excluding hydrogens is 440 g/mol. The van der Waals surface area contributed by atoms with Gasteiger partial charge in [0.05, 0.1) is 12.7 Å². The van der Waals surface area contributed by atoms with Gasteiger partial charge in [0.25, 0.3) is 0 Å². The van der Waals surface area contributed by atoms with E-state index in [4.69, 9.17) is 14.2 Å². The molecule has 6 rings (SSSR count). The molecule has 6 aliphatic rings. The molecule has 1 spiro atoms. The van der Waals surface area contributed by atoms with Crippen LogP contribution in [-0.4, -0.2) is 36.4 Å². The van der Waals surface area contributed by atoms with Crippen LogP contribution in [0.4, 0.5) is 0 Å². The zero-order valence-electron chi connectivity index (χ0n) is 22.3. The van der Waals surface area contributed by atoms with Gasteiger partial charge in [0.1, 0.15) is 6.10 Å². The number of ether oxygens (including phenoxy) is 3. The van der Waals surface area contributed by atoms with Crippen LogP contribution in [0.25, 0.3) is 0 Å². The molecule has 0 N–H and O–H groups in total. The summed E-state index contributed by atoms with van der Waals surface area (Å²) in [5.74, 6) is 2.14. The highest BCUT2D eigenvalue weighted by atomic mass is 16.7. The summed E-state index contributed by atoms with van der Waals surface area (Å²) in [6.07, 6.45) is 10.9. The molecule has 2 aliphatic heterocycles. The lowest BCUT2D eigenvalue weighted by molar-refractivity contribution is -0.271. The van der Waals surface area contributed by atoms with E-state index < -0.39 is 5.79 Å². The fraction of sp³-hybridized carbons (Fsp3) is 0.867. The number of carbonyl (C=O) groups is 2. The summed E-state index contributed by atoms with van der Waals surface area (Å²) in [5.41, 5.74) is 1.10. The lowest BCUT2D eigenvalue weighted by Gasteiger charge is -2.56. The van der Waals surface area contributed by atoms with Crippen LogP contribution in [0, 0.1) is 46.3 Å². The van der Waals surface area contributed by atoms with Crippen molar-refractivity contribution in [3.05, 3.63) is 11.6 Å². The van der Waals surface area contributed by atoms with Crippen molar-refractivity contribution in [2.45, 2.75) is 110 Å². The molecule has 5 fully saturated rings. The summed E-state index contributed by atoms with van der Waals surface area (Å²) in [6, 6.07) is 0. The summed E-state index contributed by atoms with van der Waals surface area (Å²) < 4.78 is 19.0. The number of ketones is 1. The summed E-state index contributed by atoms with van der Waals surface area (Å²) in [4.78, 5) is 26.0. The lowest BCUT2D eigenvalue weighted by Crippen LogP contribution is -2.53. The van der Waals surface area contributed by atoms with Gasteiger partial charge in [-0.15, -0.1) is 0 Å². The number of rotatable bonds is 2. The van der Waals surface area contributed by atoms with Crippen molar-refractivity contribution in [3.63, 3.8) is 0 Å². The fourth-order valence-corrected chi connectivity index (χ4v) is 9.64. The summed E-state index contributed by atoms with van der Waals surface area (Å²) in [5, 5.41) is 0. The molecule has 194 valence electrons. The maximum absolute atomic E-state index is 14.1. The predicted octanol–water partition coefficient (Wildman–Crippen LogP) is 5.85. The summed E-state index contributed by atoms with van der Waals surface area (Å²) in [6.45, 7) is 11.8. The van der Waals surface area contributed by atoms with Crippen molar-refractivity contribution in [1.29, 1.82) is 0 Å². The second-order valence-electron chi connectivity index (χ2n) is 13.4. The summed E-state index contributed by atoms with van der Waals surface area (Å²) in [7, 11) is 0. The van der Waals surface area contributed by atoms with Gasteiger partial charge in [-0.3, -0.25) is 9.59 Å². The molecule has 0 bridgehead atoms. The third kappa shape index (κ3) is 3.32. The smallest absolute Gasteiger partial charge is 0.305 e. The van der Waals surface area contributed by atoms with Crippen LogP contribution < -0.4 is 0 Å². The number of esters is 1. The van der Waals surface area contributed by atoms with Crippen LogP contribution in [0.5, 0.6) is 0 Å². The Labute approximate surface area is 210 Å². The minimum atomic E-state index is -0.488. The highest BCUT2D eigenvalue weighted by Crippen LogP contribution is 2.69. The lowest BCUT2D eigenvalue weighted by atomic mass is 9.48. The molecule has 4 aliphatic carbocycles. The number of carbonyl (C=O) groups excluding carboxylic acids is 2. The Hall–Kier alpha value is -1.20. The minimum Gasteiger partial charge on any atom is -0.462 e. The molecular formula is C30H44O5. The van der Waals surface area contributed by atoms with E-state index in [9.17, 15) is 9.59 Å². The van der Waals surface area contributed by atoms with E-state index in [0.29, 0.717) is 35.9 Å². The van der Waals surface area contributed by atoms with Gasteiger partial charge in [0.2, 0.25) is 0 Å². The van der Waals surface area contributed by atoms with E-state index in [1.54, 1.807) is 0 Å². The standard InChI is InChI=1S/C30H44O5/c1-6-26(32)34-20-10-11-28(4)19(13-20)7-8-21-22(28)15-25(31)29(5)23(21)14-24-27(29)18(3)30(35-24)12-9-17(2)16-33-30/h15,17-21,23-24,27H,6-14,16H2,1-5H3/t17-,18-,19-,20+,21-,23+,24-,27+,28-,29+,30+/m0/s1. The molecule has 35 heavy (non-hydrogen) atoms. The third-order valence-corrected chi connectivity index (χ3v) is 11.7. The van der Waals surface area contributed by atoms with Crippen molar-refractivity contribution >= 4 is 11.8 Å². The van der Waals surface area contributed by atoms with Crippen LogP contribution in [0.3, 0.4) is 0 Å². The molecule has 0 aromatic heterocycles. The zero-order valence-corrected chi connectivity index (χ0v) is 22.3. The largest absolute Gasteiger partial charge is 0.462 e. The second kappa shape index (κ2) is 8.15. The van der Waals surface area contributed by atoms with Crippen molar-refractivity contribution in [1.82, 2.24) is 0 Å². The van der Waals surface area contributed by atoms with Gasteiger partial charge in [-0.05, 0) is 80.1 Å². The first-order valence-electron chi connectivity index (χ1n) is 14.4. The second-order valence-corrected chi connectivity index (χ2v) is 13.4. The molecule has 0 radical (unpaired) electrons. The van der Waals surface area contributed by atoms with Gasteiger partial charge in [-0.25, -0.2) is 0 Å². The Morgan fingerprint density at radius 1 is 1.11 bits per heavy atom. The Morgan fingerprint density at radius 3 is 2.63 bits per heavy atom. The number of fused-ring (bicyclic) bond motifs is 7. The normalized spacial score (nSPS) is 52.8. The van der Waals surface area contributed by atoms with E-state index in [0.717, 1.165) is 58.0 Å². The average molecular weight is 485 g/mol. The monoisotopic (exact) mass is 484 g/mol. The van der Waals surface area contributed by atoms with Gasteiger partial charge in [-0.2, -0.15) is 0 Å². The number of allylic oxidation sites excluding steroid dienone is 2. The molecule has 2 saturated heterocycles. The molecule has 5 nitrogen and oxygen atoms in total. The first-order chi connectivity index (χ1) is 16.6. The Bertz CT molecular complexity index is 931. The van der Waals surface area contributed by atoms with Gasteiger partial charge in [0.15, 0.2) is 11.6 Å². The molecule has 5 heteroatoms. The third-order valence-electron chi connectivity index (χ3n) is 11.7. The van der Waals surface area contributed by atoms with Crippen LogP contribution in [0.2, 0.25) is 0 Å². The maximum atomic E-state index is 14.1. The Kier molecular flexibility index (Phi) is 5.62. The number of hydrogen-bond donors (Lipinski definition) is 0. The van der Waals surface area contributed by atoms with E-state index in [1.807, 2.05) is 6.92 Å². The van der Waals surface area contributed by atoms with Gasteiger partial charge in [0, 0.05) is 30.1 Å². The van der Waals surface area contributed by atoms with Crippen LogP contribution >= 0.6 is 0 Å². The van der Waals surface area contributed by atoms with Gasteiger partial charge < -0.3 is 14.2 Å². The Morgan fingerprint density at radius 2 is 1.91 bits per heavy atom. The molecule has 11 atom stereocenters. The first kappa shape index (κ1) is 24.2. The Balaban J connectivity index is 1.27. The van der Waals surface area contributed by atoms with Gasteiger partial charge >= 0.3 is 5.97 Å². The SMILES string of the molecule is CCC(=O)O[C@@H]1CC[C@]2(C)C3=CC(=O)[C@]4(C)[C@H]5[C@H](C[C@@H]4[C@H]3CC[C@H]2C1)O[C@]1(CC[C@H](C)CO1)[C@H]5C. The topological polar surface area (TPSA) is 61.8 Å². The van der Waals surface area contributed by atoms with Crippen LogP contribution in [-0.2, 0) is 23.8 Å². The van der Waals surface area contributed by atoms with E-state index in [-0.39, 0.29) is 40.8 Å². The van der Waals surface area contributed by atoms with Crippen molar-refractivity contribution in [2.75, 3.05) is 6.61 Å². The van der Waals surface area contributed by atoms with Gasteiger partial charge in [-0.1, -0.05) is 40.2 Å². The quantitative estimate of drug-likeness (QED) is 0.460. The molecule has 0 unspecified atom stereocenters. The van der Waals surface area contributed by atoms with E-state index in [1.165, 1.54) is 5.57 Å². The molecule has 0 aromatic rings.